The molecule has 0 saturated carbocycles. The molecule has 6 nitrogen and oxygen atoms in total. The summed E-state index contributed by atoms with van der Waals surface area (Å²) >= 11 is 0. The Balaban J connectivity index is 1.76. The Morgan fingerprint density at radius 1 is 1.33 bits per heavy atom. The highest BCUT2D eigenvalue weighted by Crippen LogP contribution is 2.22. The molecule has 1 unspecified atom stereocenters. The zero-order valence-electron chi connectivity index (χ0n) is 15.0. The summed E-state index contributed by atoms with van der Waals surface area (Å²) < 4.78 is 6.96. The van der Waals surface area contributed by atoms with Crippen LogP contribution >= 0.6 is 0 Å². The van der Waals surface area contributed by atoms with Crippen molar-refractivity contribution < 1.29 is 4.52 Å². The Hall–Kier alpha value is -1.95. The van der Waals surface area contributed by atoms with Crippen LogP contribution in [0.4, 0.5) is 0 Å². The minimum atomic E-state index is -0.0673. The maximum absolute atomic E-state index is 12.2. The van der Waals surface area contributed by atoms with Crippen LogP contribution in [0.3, 0.4) is 0 Å². The van der Waals surface area contributed by atoms with Crippen molar-refractivity contribution >= 4 is 0 Å². The van der Waals surface area contributed by atoms with Crippen molar-refractivity contribution in [3.05, 3.63) is 45.7 Å². The lowest BCUT2D eigenvalue weighted by Crippen LogP contribution is -2.37. The average Bonchev–Trinajstić information content (AvgIpc) is 3.10. The van der Waals surface area contributed by atoms with E-state index in [1.54, 1.807) is 10.7 Å². The van der Waals surface area contributed by atoms with E-state index in [0.717, 1.165) is 43.1 Å². The van der Waals surface area contributed by atoms with Crippen LogP contribution in [0.15, 0.2) is 27.5 Å². The number of nitrogens with zero attached hydrogens (tertiary/aromatic N) is 4. The first-order valence-electron chi connectivity index (χ1n) is 8.58. The molecule has 2 aromatic heterocycles. The SMILES string of the molecule is Cc1cc(CN2CCCC2Cn2nc(C(C)(C)C)ccc2=O)on1. The van der Waals surface area contributed by atoms with Crippen LogP contribution in [0.1, 0.15) is 50.8 Å². The van der Waals surface area contributed by atoms with E-state index in [2.05, 4.69) is 35.9 Å². The molecule has 0 N–H and O–H groups in total. The van der Waals surface area contributed by atoms with Gasteiger partial charge in [-0.05, 0) is 32.4 Å². The van der Waals surface area contributed by atoms with E-state index in [9.17, 15) is 4.79 Å². The number of aromatic nitrogens is 3. The molecule has 3 rings (SSSR count). The third-order valence-electron chi connectivity index (χ3n) is 4.55. The molecule has 0 amide bonds. The summed E-state index contributed by atoms with van der Waals surface area (Å²) in [5.74, 6) is 0.878. The Bertz CT molecular complexity index is 757. The Morgan fingerprint density at radius 3 is 2.79 bits per heavy atom. The van der Waals surface area contributed by atoms with Crippen LogP contribution in [-0.4, -0.2) is 32.4 Å². The maximum Gasteiger partial charge on any atom is 0.266 e. The quantitative estimate of drug-likeness (QED) is 0.862. The van der Waals surface area contributed by atoms with Gasteiger partial charge in [0.05, 0.1) is 24.5 Å². The second-order valence-corrected chi connectivity index (χ2v) is 7.69. The Labute approximate surface area is 142 Å². The zero-order valence-corrected chi connectivity index (χ0v) is 15.0. The minimum absolute atomic E-state index is 0.0367. The fraction of sp³-hybridized carbons (Fsp3) is 0.611. The number of hydrogen-bond donors (Lipinski definition) is 0. The lowest BCUT2D eigenvalue weighted by molar-refractivity contribution is 0.193. The third kappa shape index (κ3) is 3.75. The fourth-order valence-electron chi connectivity index (χ4n) is 3.18. The van der Waals surface area contributed by atoms with Gasteiger partial charge in [0.15, 0.2) is 5.76 Å². The van der Waals surface area contributed by atoms with Crippen molar-refractivity contribution in [2.75, 3.05) is 6.54 Å². The van der Waals surface area contributed by atoms with Crippen molar-refractivity contribution in [2.45, 2.75) is 65.1 Å². The molecule has 1 aliphatic rings. The fourth-order valence-corrected chi connectivity index (χ4v) is 3.18. The van der Waals surface area contributed by atoms with Gasteiger partial charge in [-0.1, -0.05) is 25.9 Å². The monoisotopic (exact) mass is 330 g/mol. The van der Waals surface area contributed by atoms with Crippen LogP contribution in [0.5, 0.6) is 0 Å². The summed E-state index contributed by atoms with van der Waals surface area (Å²) in [5, 5.41) is 8.55. The first kappa shape index (κ1) is 16.9. The second-order valence-electron chi connectivity index (χ2n) is 7.69. The van der Waals surface area contributed by atoms with Crippen LogP contribution in [0.2, 0.25) is 0 Å². The average molecular weight is 330 g/mol. The topological polar surface area (TPSA) is 64.2 Å². The maximum atomic E-state index is 12.2. The molecule has 0 aliphatic carbocycles. The number of aryl methyl sites for hydroxylation is 1. The molecule has 0 aromatic carbocycles. The third-order valence-corrected chi connectivity index (χ3v) is 4.55. The van der Waals surface area contributed by atoms with Gasteiger partial charge in [-0.25, -0.2) is 4.68 Å². The van der Waals surface area contributed by atoms with Crippen molar-refractivity contribution in [1.29, 1.82) is 0 Å². The summed E-state index contributed by atoms with van der Waals surface area (Å²) in [7, 11) is 0. The Morgan fingerprint density at radius 2 is 2.12 bits per heavy atom. The lowest BCUT2D eigenvalue weighted by atomic mass is 9.92. The van der Waals surface area contributed by atoms with Gasteiger partial charge in [-0.3, -0.25) is 9.69 Å². The molecule has 24 heavy (non-hydrogen) atoms. The van der Waals surface area contributed by atoms with E-state index in [4.69, 9.17) is 4.52 Å². The van der Waals surface area contributed by atoms with Gasteiger partial charge in [0, 0.05) is 23.6 Å². The second kappa shape index (κ2) is 6.51. The Kier molecular flexibility index (Phi) is 4.58. The van der Waals surface area contributed by atoms with E-state index >= 15 is 0 Å². The first-order valence-corrected chi connectivity index (χ1v) is 8.58. The van der Waals surface area contributed by atoms with Crippen molar-refractivity contribution in [3.8, 4) is 0 Å². The normalized spacial score (nSPS) is 19.1. The van der Waals surface area contributed by atoms with Crippen molar-refractivity contribution in [1.82, 2.24) is 19.8 Å². The molecule has 6 heteroatoms. The van der Waals surface area contributed by atoms with E-state index in [1.807, 2.05) is 19.1 Å². The van der Waals surface area contributed by atoms with Crippen LogP contribution in [0, 0.1) is 6.92 Å². The van der Waals surface area contributed by atoms with Gasteiger partial charge in [0.25, 0.3) is 5.56 Å². The van der Waals surface area contributed by atoms with Crippen molar-refractivity contribution in [3.63, 3.8) is 0 Å². The molecule has 1 saturated heterocycles. The molecule has 2 aromatic rings. The molecular weight excluding hydrogens is 304 g/mol. The van der Waals surface area contributed by atoms with E-state index in [0.29, 0.717) is 12.6 Å². The first-order chi connectivity index (χ1) is 11.3. The molecule has 130 valence electrons. The summed E-state index contributed by atoms with van der Waals surface area (Å²) in [6.07, 6.45) is 2.20. The van der Waals surface area contributed by atoms with Crippen LogP contribution in [-0.2, 0) is 18.5 Å². The largest absolute Gasteiger partial charge is 0.360 e. The molecule has 0 spiro atoms. The minimum Gasteiger partial charge on any atom is -0.360 e. The van der Waals surface area contributed by atoms with Gasteiger partial charge in [-0.2, -0.15) is 5.10 Å². The molecule has 0 radical (unpaired) electrons. The molecule has 1 aliphatic heterocycles. The smallest absolute Gasteiger partial charge is 0.266 e. The summed E-state index contributed by atoms with van der Waals surface area (Å²) in [6.45, 7) is 10.6. The summed E-state index contributed by atoms with van der Waals surface area (Å²) in [6, 6.07) is 5.74. The summed E-state index contributed by atoms with van der Waals surface area (Å²) in [5.41, 5.74) is 1.74. The number of hydrogen-bond acceptors (Lipinski definition) is 5. The van der Waals surface area contributed by atoms with Gasteiger partial charge < -0.3 is 4.52 Å². The summed E-state index contributed by atoms with van der Waals surface area (Å²) in [4.78, 5) is 14.6. The van der Waals surface area contributed by atoms with Crippen LogP contribution < -0.4 is 5.56 Å². The van der Waals surface area contributed by atoms with Gasteiger partial charge in [-0.15, -0.1) is 0 Å². The van der Waals surface area contributed by atoms with E-state index in [1.165, 1.54) is 0 Å². The molecular formula is C18H26N4O2. The molecule has 3 heterocycles. The van der Waals surface area contributed by atoms with Crippen molar-refractivity contribution in [2.24, 2.45) is 0 Å². The standard InChI is InChI=1S/C18H26N4O2/c1-13-10-15(24-20-13)12-21-9-5-6-14(21)11-22-17(23)8-7-16(19-22)18(2,3)4/h7-8,10,14H,5-6,9,11-12H2,1-4H3. The van der Waals surface area contributed by atoms with E-state index < -0.39 is 0 Å². The van der Waals surface area contributed by atoms with Gasteiger partial charge in [0.2, 0.25) is 0 Å². The highest BCUT2D eigenvalue weighted by atomic mass is 16.5. The lowest BCUT2D eigenvalue weighted by Gasteiger charge is -2.24. The van der Waals surface area contributed by atoms with Crippen LogP contribution in [0.25, 0.3) is 0 Å². The van der Waals surface area contributed by atoms with E-state index in [-0.39, 0.29) is 11.0 Å². The van der Waals surface area contributed by atoms with Gasteiger partial charge in [0.1, 0.15) is 0 Å². The highest BCUT2D eigenvalue weighted by molar-refractivity contribution is 5.11. The zero-order chi connectivity index (χ0) is 17.3. The molecule has 0 bridgehead atoms. The molecule has 1 atom stereocenters. The highest BCUT2D eigenvalue weighted by Gasteiger charge is 2.27. The van der Waals surface area contributed by atoms with Gasteiger partial charge >= 0.3 is 0 Å². The number of likely N-dealkylation sites (tertiary alicyclic amines) is 1. The predicted octanol–water partition coefficient (Wildman–Crippen LogP) is 2.50. The molecule has 1 fully saturated rings. The predicted molar refractivity (Wildman–Crippen MR) is 91.9 cm³/mol. The number of rotatable bonds is 4.